The van der Waals surface area contributed by atoms with Crippen LogP contribution in [0.3, 0.4) is 0 Å². The molecule has 18 heavy (non-hydrogen) atoms. The molecule has 98 valence electrons. The van der Waals surface area contributed by atoms with Crippen LogP contribution in [0.25, 0.3) is 0 Å². The fourth-order valence-electron chi connectivity index (χ4n) is 5.33. The molecule has 2 heteroatoms. The van der Waals surface area contributed by atoms with E-state index in [-0.39, 0.29) is 0 Å². The van der Waals surface area contributed by atoms with Gasteiger partial charge in [-0.3, -0.25) is 0 Å². The van der Waals surface area contributed by atoms with Crippen LogP contribution < -0.4 is 5.73 Å². The molecule has 5 rings (SSSR count). The number of rotatable bonds is 3. The van der Waals surface area contributed by atoms with E-state index in [0.717, 1.165) is 29.6 Å². The molecule has 4 aliphatic rings. The molecule has 2 N–H and O–H groups in total. The molecular formula is C16H23NS. The minimum atomic E-state index is 0.299. The molecule has 1 aromatic rings. The zero-order valence-corrected chi connectivity index (χ0v) is 11.7. The van der Waals surface area contributed by atoms with Crippen molar-refractivity contribution in [3.05, 3.63) is 22.4 Å². The summed E-state index contributed by atoms with van der Waals surface area (Å²) in [5.74, 6) is 5.15. The molecule has 4 saturated carbocycles. The molecule has 1 atom stereocenters. The molecule has 0 aromatic carbocycles. The third-order valence-corrected chi connectivity index (χ3v) is 6.86. The first-order valence-corrected chi connectivity index (χ1v) is 8.46. The van der Waals surface area contributed by atoms with Gasteiger partial charge < -0.3 is 5.73 Å². The average Bonchev–Trinajstić information content (AvgIpc) is 2.86. The maximum Gasteiger partial charge on any atom is 0.0392 e. The Morgan fingerprint density at radius 1 is 1.11 bits per heavy atom. The van der Waals surface area contributed by atoms with Gasteiger partial charge in [-0.15, -0.1) is 11.3 Å². The van der Waals surface area contributed by atoms with Crippen molar-refractivity contribution >= 4 is 11.3 Å². The maximum atomic E-state index is 6.43. The van der Waals surface area contributed by atoms with Crippen LogP contribution >= 0.6 is 11.3 Å². The lowest BCUT2D eigenvalue weighted by molar-refractivity contribution is -0.0419. The maximum absolute atomic E-state index is 6.43. The standard InChI is InChI=1S/C16H23NS/c17-15(16-2-1-3-18-16)9-14-12-5-10-4-11(7-12)8-13(14)6-10/h1-3,10-15H,4-9,17H2. The normalized spacial score (nSPS) is 43.3. The monoisotopic (exact) mass is 261 g/mol. The zero-order valence-electron chi connectivity index (χ0n) is 10.9. The van der Waals surface area contributed by atoms with Gasteiger partial charge in [0, 0.05) is 10.9 Å². The lowest BCUT2D eigenvalue weighted by Crippen LogP contribution is -2.45. The quantitative estimate of drug-likeness (QED) is 0.866. The van der Waals surface area contributed by atoms with Gasteiger partial charge in [0.2, 0.25) is 0 Å². The number of thiophene rings is 1. The van der Waals surface area contributed by atoms with Gasteiger partial charge in [-0.2, -0.15) is 0 Å². The van der Waals surface area contributed by atoms with E-state index in [1.165, 1.54) is 37.0 Å². The van der Waals surface area contributed by atoms with Crippen molar-refractivity contribution < 1.29 is 0 Å². The Balaban J connectivity index is 1.49. The first-order chi connectivity index (χ1) is 8.79. The Kier molecular flexibility index (Phi) is 2.77. The summed E-state index contributed by atoms with van der Waals surface area (Å²) in [4.78, 5) is 1.39. The van der Waals surface area contributed by atoms with Crippen LogP contribution in [0, 0.1) is 29.6 Å². The van der Waals surface area contributed by atoms with E-state index in [9.17, 15) is 0 Å². The Morgan fingerprint density at radius 2 is 1.78 bits per heavy atom. The molecule has 0 spiro atoms. The first-order valence-electron chi connectivity index (χ1n) is 7.58. The van der Waals surface area contributed by atoms with Gasteiger partial charge in [-0.1, -0.05) is 6.07 Å². The van der Waals surface area contributed by atoms with Crippen molar-refractivity contribution in [1.29, 1.82) is 0 Å². The average molecular weight is 261 g/mol. The van der Waals surface area contributed by atoms with Gasteiger partial charge >= 0.3 is 0 Å². The second kappa shape index (κ2) is 4.35. The molecule has 0 amide bonds. The van der Waals surface area contributed by atoms with Crippen LogP contribution in [0.4, 0.5) is 0 Å². The Hall–Kier alpha value is -0.340. The molecule has 1 heterocycles. The van der Waals surface area contributed by atoms with E-state index < -0.39 is 0 Å². The molecule has 1 unspecified atom stereocenters. The summed E-state index contributed by atoms with van der Waals surface area (Å²) in [7, 11) is 0. The van der Waals surface area contributed by atoms with Crippen molar-refractivity contribution in [3.63, 3.8) is 0 Å². The molecule has 0 saturated heterocycles. The van der Waals surface area contributed by atoms with Gasteiger partial charge in [0.15, 0.2) is 0 Å². The second-order valence-electron chi connectivity index (χ2n) is 6.95. The smallest absolute Gasteiger partial charge is 0.0392 e. The van der Waals surface area contributed by atoms with Crippen LogP contribution in [0.1, 0.15) is 49.4 Å². The molecule has 4 aliphatic carbocycles. The highest BCUT2D eigenvalue weighted by Crippen LogP contribution is 2.58. The van der Waals surface area contributed by atoms with Crippen molar-refractivity contribution in [2.75, 3.05) is 0 Å². The third kappa shape index (κ3) is 1.85. The summed E-state index contributed by atoms with van der Waals surface area (Å²) in [6.45, 7) is 0. The molecule has 0 aliphatic heterocycles. The fraction of sp³-hybridized carbons (Fsp3) is 0.750. The van der Waals surface area contributed by atoms with Crippen molar-refractivity contribution in [2.24, 2.45) is 35.3 Å². The van der Waals surface area contributed by atoms with Gasteiger partial charge in [0.05, 0.1) is 0 Å². The molecule has 1 nitrogen and oxygen atoms in total. The Bertz CT molecular complexity index is 383. The number of hydrogen-bond donors (Lipinski definition) is 1. The van der Waals surface area contributed by atoms with Crippen molar-refractivity contribution in [1.82, 2.24) is 0 Å². The molecule has 1 aromatic heterocycles. The van der Waals surface area contributed by atoms with Crippen molar-refractivity contribution in [2.45, 2.75) is 44.6 Å². The lowest BCUT2D eigenvalue weighted by atomic mass is 9.51. The van der Waals surface area contributed by atoms with Gasteiger partial charge in [-0.25, -0.2) is 0 Å². The summed E-state index contributed by atoms with van der Waals surface area (Å²) >= 11 is 1.83. The fourth-order valence-corrected chi connectivity index (χ4v) is 6.08. The largest absolute Gasteiger partial charge is 0.323 e. The van der Waals surface area contributed by atoms with E-state index in [1.807, 2.05) is 11.3 Å². The summed E-state index contributed by atoms with van der Waals surface area (Å²) in [5.41, 5.74) is 6.43. The summed E-state index contributed by atoms with van der Waals surface area (Å²) in [5, 5.41) is 2.16. The van der Waals surface area contributed by atoms with E-state index in [2.05, 4.69) is 17.5 Å². The van der Waals surface area contributed by atoms with Crippen LogP contribution in [0.5, 0.6) is 0 Å². The predicted octanol–water partition coefficient (Wildman–Crippen LogP) is 4.21. The Morgan fingerprint density at radius 3 is 2.33 bits per heavy atom. The number of hydrogen-bond acceptors (Lipinski definition) is 2. The van der Waals surface area contributed by atoms with Gasteiger partial charge in [0.25, 0.3) is 0 Å². The van der Waals surface area contributed by atoms with E-state index in [0.29, 0.717) is 6.04 Å². The van der Waals surface area contributed by atoms with E-state index in [4.69, 9.17) is 5.73 Å². The van der Waals surface area contributed by atoms with Crippen LogP contribution in [-0.2, 0) is 0 Å². The summed E-state index contributed by atoms with van der Waals surface area (Å²) in [6.07, 6.45) is 8.89. The third-order valence-electron chi connectivity index (χ3n) is 5.86. The van der Waals surface area contributed by atoms with Gasteiger partial charge in [0.1, 0.15) is 0 Å². The minimum Gasteiger partial charge on any atom is -0.323 e. The van der Waals surface area contributed by atoms with Crippen LogP contribution in [0.15, 0.2) is 17.5 Å². The summed E-state index contributed by atoms with van der Waals surface area (Å²) in [6, 6.07) is 4.65. The highest BCUT2D eigenvalue weighted by Gasteiger charge is 2.48. The zero-order chi connectivity index (χ0) is 12.1. The van der Waals surface area contributed by atoms with Crippen LogP contribution in [-0.4, -0.2) is 0 Å². The van der Waals surface area contributed by atoms with Crippen LogP contribution in [0.2, 0.25) is 0 Å². The topological polar surface area (TPSA) is 26.0 Å². The lowest BCUT2D eigenvalue weighted by Gasteiger charge is -2.55. The molecule has 0 radical (unpaired) electrons. The highest BCUT2D eigenvalue weighted by atomic mass is 32.1. The first kappa shape index (κ1) is 11.5. The molecular weight excluding hydrogens is 238 g/mol. The van der Waals surface area contributed by atoms with Gasteiger partial charge in [-0.05, 0) is 79.6 Å². The van der Waals surface area contributed by atoms with E-state index >= 15 is 0 Å². The SMILES string of the molecule is NC(CC1C2CC3CC(C2)CC1C3)c1cccs1. The molecule has 4 fully saturated rings. The highest BCUT2D eigenvalue weighted by molar-refractivity contribution is 7.10. The van der Waals surface area contributed by atoms with Crippen molar-refractivity contribution in [3.8, 4) is 0 Å². The summed E-state index contributed by atoms with van der Waals surface area (Å²) < 4.78 is 0. The predicted molar refractivity (Wildman–Crippen MR) is 76.4 cm³/mol. The molecule has 4 bridgehead atoms. The van der Waals surface area contributed by atoms with E-state index in [1.54, 1.807) is 6.42 Å². The number of nitrogens with two attached hydrogens (primary N) is 1. The second-order valence-corrected chi connectivity index (χ2v) is 7.93. The Labute approximate surface area is 114 Å². The minimum absolute atomic E-state index is 0.299.